The maximum atomic E-state index is 12.4. The van der Waals surface area contributed by atoms with Crippen molar-refractivity contribution in [2.75, 3.05) is 19.6 Å². The average molecular weight is 344 g/mol. The number of amides is 2. The highest BCUT2D eigenvalue weighted by Gasteiger charge is 2.23. The highest BCUT2D eigenvalue weighted by Crippen LogP contribution is 2.18. The lowest BCUT2D eigenvalue weighted by Gasteiger charge is -2.32. The zero-order valence-electron chi connectivity index (χ0n) is 13.4. The van der Waals surface area contributed by atoms with Crippen LogP contribution in [-0.4, -0.2) is 45.9 Å². The third kappa shape index (κ3) is 4.38. The summed E-state index contributed by atoms with van der Waals surface area (Å²) in [6.45, 7) is 2.15. The average Bonchev–Trinajstić information content (AvgIpc) is 3.13. The largest absolute Gasteiger partial charge is 0.356 e. The van der Waals surface area contributed by atoms with Gasteiger partial charge in [0.25, 0.3) is 5.91 Å². The molecule has 2 aromatic rings. The molecule has 0 spiro atoms. The van der Waals surface area contributed by atoms with Crippen molar-refractivity contribution >= 4 is 23.3 Å². The van der Waals surface area contributed by atoms with E-state index in [9.17, 15) is 9.59 Å². The van der Waals surface area contributed by atoms with Crippen molar-refractivity contribution in [1.29, 1.82) is 0 Å². The van der Waals surface area contributed by atoms with Gasteiger partial charge in [-0.15, -0.1) is 5.10 Å². The zero-order chi connectivity index (χ0) is 16.8. The van der Waals surface area contributed by atoms with E-state index in [0.29, 0.717) is 18.9 Å². The number of benzene rings is 1. The van der Waals surface area contributed by atoms with Crippen LogP contribution >= 0.6 is 11.5 Å². The zero-order valence-corrected chi connectivity index (χ0v) is 14.2. The van der Waals surface area contributed by atoms with Gasteiger partial charge >= 0.3 is 0 Å². The summed E-state index contributed by atoms with van der Waals surface area (Å²) in [5, 5.41) is 6.70. The van der Waals surface area contributed by atoms with Gasteiger partial charge in [-0.2, -0.15) is 0 Å². The Hall–Kier alpha value is -2.28. The molecule has 24 heavy (non-hydrogen) atoms. The third-order valence-corrected chi connectivity index (χ3v) is 4.91. The van der Waals surface area contributed by atoms with E-state index in [1.54, 1.807) is 6.20 Å². The molecule has 1 aromatic heterocycles. The summed E-state index contributed by atoms with van der Waals surface area (Å²) in [4.78, 5) is 27.1. The van der Waals surface area contributed by atoms with Crippen LogP contribution < -0.4 is 5.32 Å². The second kappa shape index (κ2) is 8.01. The number of likely N-dealkylation sites (tertiary alicyclic amines) is 1. The number of hydrogen-bond acceptors (Lipinski definition) is 5. The maximum Gasteiger partial charge on any atom is 0.253 e. The smallest absolute Gasteiger partial charge is 0.253 e. The molecule has 0 bridgehead atoms. The summed E-state index contributed by atoms with van der Waals surface area (Å²) in [5.74, 6) is 0.521. The molecule has 0 unspecified atom stereocenters. The first-order valence-corrected chi connectivity index (χ1v) is 8.87. The molecule has 2 heterocycles. The Labute approximate surface area is 145 Å². The molecule has 6 nitrogen and oxygen atoms in total. The van der Waals surface area contributed by atoms with Gasteiger partial charge in [-0.05, 0) is 42.4 Å². The Morgan fingerprint density at radius 3 is 2.62 bits per heavy atom. The first-order chi connectivity index (χ1) is 11.7. The van der Waals surface area contributed by atoms with Gasteiger partial charge in [0.05, 0.1) is 17.5 Å². The molecule has 1 saturated heterocycles. The molecule has 1 aromatic carbocycles. The van der Waals surface area contributed by atoms with Crippen LogP contribution in [0.5, 0.6) is 0 Å². The first-order valence-electron chi connectivity index (χ1n) is 8.09. The van der Waals surface area contributed by atoms with Crippen molar-refractivity contribution in [1.82, 2.24) is 19.8 Å². The van der Waals surface area contributed by atoms with Crippen LogP contribution in [0.4, 0.5) is 0 Å². The van der Waals surface area contributed by atoms with Crippen LogP contribution in [0.3, 0.4) is 0 Å². The Kier molecular flexibility index (Phi) is 5.53. The van der Waals surface area contributed by atoms with Crippen LogP contribution in [-0.2, 0) is 11.2 Å². The molecule has 126 valence electrons. The van der Waals surface area contributed by atoms with Crippen LogP contribution in [0, 0.1) is 5.92 Å². The number of nitrogens with one attached hydrogen (secondary N) is 1. The fraction of sp³-hybridized carbons (Fsp3) is 0.412. The molecule has 7 heteroatoms. The Morgan fingerprint density at radius 2 is 1.96 bits per heavy atom. The summed E-state index contributed by atoms with van der Waals surface area (Å²) >= 11 is 1.25. The van der Waals surface area contributed by atoms with E-state index in [-0.39, 0.29) is 11.8 Å². The van der Waals surface area contributed by atoms with Crippen molar-refractivity contribution in [3.63, 3.8) is 0 Å². The quantitative estimate of drug-likeness (QED) is 0.897. The highest BCUT2D eigenvalue weighted by atomic mass is 32.1. The predicted octanol–water partition coefficient (Wildman–Crippen LogP) is 1.75. The van der Waals surface area contributed by atoms with E-state index in [2.05, 4.69) is 14.9 Å². The van der Waals surface area contributed by atoms with Gasteiger partial charge in [0.1, 0.15) is 0 Å². The van der Waals surface area contributed by atoms with Crippen molar-refractivity contribution in [3.8, 4) is 0 Å². The van der Waals surface area contributed by atoms with Crippen LogP contribution in [0.2, 0.25) is 0 Å². The molecule has 1 aliphatic heterocycles. The predicted molar refractivity (Wildman–Crippen MR) is 91.7 cm³/mol. The second-order valence-corrected chi connectivity index (χ2v) is 6.84. The fourth-order valence-electron chi connectivity index (χ4n) is 2.85. The van der Waals surface area contributed by atoms with Gasteiger partial charge in [-0.25, -0.2) is 0 Å². The van der Waals surface area contributed by atoms with E-state index >= 15 is 0 Å². The van der Waals surface area contributed by atoms with E-state index < -0.39 is 0 Å². The molecule has 0 aliphatic carbocycles. The Morgan fingerprint density at radius 1 is 1.21 bits per heavy atom. The molecular formula is C17H20N4O2S. The van der Waals surface area contributed by atoms with E-state index in [1.165, 1.54) is 11.5 Å². The van der Waals surface area contributed by atoms with Crippen molar-refractivity contribution in [3.05, 3.63) is 47.0 Å². The molecule has 0 atom stereocenters. The van der Waals surface area contributed by atoms with E-state index in [1.807, 2.05) is 35.2 Å². The number of nitrogens with zero attached hydrogens (tertiary/aromatic N) is 3. The molecule has 0 saturated carbocycles. The van der Waals surface area contributed by atoms with Gasteiger partial charge in [-0.3, -0.25) is 9.59 Å². The number of rotatable bonds is 5. The lowest BCUT2D eigenvalue weighted by atomic mass is 9.96. The maximum absolute atomic E-state index is 12.4. The van der Waals surface area contributed by atoms with Crippen molar-refractivity contribution in [2.45, 2.75) is 19.3 Å². The molecular weight excluding hydrogens is 324 g/mol. The van der Waals surface area contributed by atoms with Crippen LogP contribution in [0.25, 0.3) is 0 Å². The monoisotopic (exact) mass is 344 g/mol. The summed E-state index contributed by atoms with van der Waals surface area (Å²) in [6.07, 6.45) is 3.79. The summed E-state index contributed by atoms with van der Waals surface area (Å²) < 4.78 is 3.75. The minimum Gasteiger partial charge on any atom is -0.356 e. The van der Waals surface area contributed by atoms with Gasteiger partial charge in [0, 0.05) is 25.2 Å². The highest BCUT2D eigenvalue weighted by molar-refractivity contribution is 7.05. The van der Waals surface area contributed by atoms with E-state index in [4.69, 9.17) is 0 Å². The standard InChI is InChI=1S/C17H20N4O2S/c22-16(10-15-12-19-20-24-15)18-11-13-6-8-21(9-7-13)17(23)14-4-2-1-3-5-14/h1-5,12-13H,6-11H2,(H,18,22). The topological polar surface area (TPSA) is 75.2 Å². The number of aromatic nitrogens is 2. The van der Waals surface area contributed by atoms with Gasteiger partial charge in [0.2, 0.25) is 5.91 Å². The van der Waals surface area contributed by atoms with Crippen molar-refractivity contribution in [2.24, 2.45) is 5.92 Å². The second-order valence-electron chi connectivity index (χ2n) is 5.97. The van der Waals surface area contributed by atoms with Gasteiger partial charge in [-0.1, -0.05) is 22.7 Å². The Balaban J connectivity index is 1.40. The summed E-state index contributed by atoms with van der Waals surface area (Å²) in [5.41, 5.74) is 0.738. The fourth-order valence-corrected chi connectivity index (χ4v) is 3.34. The number of hydrogen-bond donors (Lipinski definition) is 1. The SMILES string of the molecule is O=C(Cc1cnns1)NCC1CCN(C(=O)c2ccccc2)CC1. The molecule has 3 rings (SSSR count). The van der Waals surface area contributed by atoms with Crippen molar-refractivity contribution < 1.29 is 9.59 Å². The Bertz CT molecular complexity index is 667. The summed E-state index contributed by atoms with van der Waals surface area (Å²) in [7, 11) is 0. The third-order valence-electron chi connectivity index (χ3n) is 4.25. The number of piperidine rings is 1. The van der Waals surface area contributed by atoms with Crippen LogP contribution in [0.15, 0.2) is 36.5 Å². The lowest BCUT2D eigenvalue weighted by molar-refractivity contribution is -0.120. The van der Waals surface area contributed by atoms with Crippen LogP contribution in [0.1, 0.15) is 28.1 Å². The lowest BCUT2D eigenvalue weighted by Crippen LogP contribution is -2.41. The summed E-state index contributed by atoms with van der Waals surface area (Å²) in [6, 6.07) is 9.38. The normalized spacial score (nSPS) is 15.2. The van der Waals surface area contributed by atoms with Gasteiger partial charge < -0.3 is 10.2 Å². The van der Waals surface area contributed by atoms with E-state index in [0.717, 1.165) is 36.4 Å². The minimum atomic E-state index is 0.00356. The number of carbonyl (C=O) groups is 2. The molecule has 1 fully saturated rings. The molecule has 2 amide bonds. The first kappa shape index (κ1) is 16.6. The molecule has 1 N–H and O–H groups in total. The van der Waals surface area contributed by atoms with Gasteiger partial charge in [0.15, 0.2) is 0 Å². The molecule has 0 radical (unpaired) electrons. The molecule has 1 aliphatic rings. The minimum absolute atomic E-state index is 0.00356. The number of carbonyl (C=O) groups excluding carboxylic acids is 2.